The Bertz CT molecular complexity index is 1350. The first-order valence-corrected chi connectivity index (χ1v) is 11.5. The van der Waals surface area contributed by atoms with Crippen molar-refractivity contribution in [3.63, 3.8) is 0 Å². The van der Waals surface area contributed by atoms with Crippen LogP contribution < -0.4 is 15.6 Å². The van der Waals surface area contributed by atoms with Gasteiger partial charge in [-0.05, 0) is 24.3 Å². The summed E-state index contributed by atoms with van der Waals surface area (Å²) in [6, 6.07) is 9.32. The Balaban J connectivity index is 1.20. The van der Waals surface area contributed by atoms with Crippen LogP contribution in [0.25, 0.3) is 11.1 Å². The van der Waals surface area contributed by atoms with Crippen LogP contribution in [0.4, 0.5) is 27.5 Å². The summed E-state index contributed by atoms with van der Waals surface area (Å²) in [4.78, 5) is 22.4. The summed E-state index contributed by atoms with van der Waals surface area (Å²) in [6.07, 6.45) is 9.24. The largest absolute Gasteiger partial charge is 0.378 e. The maximum Gasteiger partial charge on any atom is 0.245 e. The van der Waals surface area contributed by atoms with Crippen molar-refractivity contribution in [2.24, 2.45) is 5.10 Å². The highest BCUT2D eigenvalue weighted by Gasteiger charge is 2.17. The molecule has 3 aromatic heterocycles. The summed E-state index contributed by atoms with van der Waals surface area (Å²) < 4.78 is 19.5. The van der Waals surface area contributed by atoms with Crippen LogP contribution in [-0.4, -0.2) is 57.4 Å². The van der Waals surface area contributed by atoms with Crippen molar-refractivity contribution >= 4 is 41.0 Å². The van der Waals surface area contributed by atoms with Crippen molar-refractivity contribution in [2.45, 2.75) is 0 Å². The molecule has 2 N–H and O–H groups in total. The maximum absolute atomic E-state index is 14.2. The van der Waals surface area contributed by atoms with Crippen molar-refractivity contribution in [1.29, 1.82) is 0 Å². The number of hydrogen-bond donors (Lipinski definition) is 2. The van der Waals surface area contributed by atoms with Crippen LogP contribution in [0.3, 0.4) is 0 Å². The van der Waals surface area contributed by atoms with Gasteiger partial charge in [-0.25, -0.2) is 24.8 Å². The summed E-state index contributed by atoms with van der Waals surface area (Å²) in [7, 11) is 0. The first kappa shape index (κ1) is 23.5. The molecule has 1 aliphatic rings. The number of halogens is 2. The van der Waals surface area contributed by atoms with Gasteiger partial charge < -0.3 is 15.0 Å². The van der Waals surface area contributed by atoms with Crippen molar-refractivity contribution < 1.29 is 9.13 Å². The summed E-state index contributed by atoms with van der Waals surface area (Å²) in [5, 5.41) is 7.96. The van der Waals surface area contributed by atoms with Gasteiger partial charge in [0.25, 0.3) is 0 Å². The van der Waals surface area contributed by atoms with Gasteiger partial charge in [0.15, 0.2) is 11.6 Å². The van der Waals surface area contributed by atoms with Crippen molar-refractivity contribution in [1.82, 2.24) is 24.9 Å². The van der Waals surface area contributed by atoms with E-state index in [1.54, 1.807) is 24.7 Å². The van der Waals surface area contributed by atoms with Gasteiger partial charge in [0.05, 0.1) is 48.2 Å². The molecule has 10 nitrogen and oxygen atoms in total. The van der Waals surface area contributed by atoms with Gasteiger partial charge in [0.2, 0.25) is 5.95 Å². The second kappa shape index (κ2) is 11.0. The lowest BCUT2D eigenvalue weighted by Crippen LogP contribution is -2.37. The molecule has 0 spiro atoms. The van der Waals surface area contributed by atoms with E-state index in [-0.39, 0.29) is 11.8 Å². The van der Waals surface area contributed by atoms with Crippen LogP contribution in [0, 0.1) is 5.82 Å². The molecule has 0 saturated carbocycles. The smallest absolute Gasteiger partial charge is 0.245 e. The van der Waals surface area contributed by atoms with E-state index in [1.165, 1.54) is 12.5 Å². The lowest BCUT2D eigenvalue weighted by molar-refractivity contribution is 0.122. The lowest BCUT2D eigenvalue weighted by Gasteiger charge is -2.27. The van der Waals surface area contributed by atoms with Gasteiger partial charge >= 0.3 is 0 Å². The molecular weight excluding hydrogens is 485 g/mol. The number of nitrogens with one attached hydrogen (secondary N) is 2. The number of rotatable bonds is 7. The van der Waals surface area contributed by atoms with E-state index < -0.39 is 5.82 Å². The zero-order chi connectivity index (χ0) is 24.7. The number of hydrogen-bond acceptors (Lipinski definition) is 10. The van der Waals surface area contributed by atoms with Gasteiger partial charge in [0, 0.05) is 42.3 Å². The molecular formula is C24H21ClFN9O. The minimum Gasteiger partial charge on any atom is -0.378 e. The second-order valence-corrected chi connectivity index (χ2v) is 8.16. The quantitative estimate of drug-likeness (QED) is 0.282. The molecule has 1 fully saturated rings. The summed E-state index contributed by atoms with van der Waals surface area (Å²) in [5.74, 6) is -0.0687. The number of anilines is 4. The van der Waals surface area contributed by atoms with E-state index in [2.05, 4.69) is 40.8 Å². The Morgan fingerprint density at radius 1 is 1.00 bits per heavy atom. The molecule has 0 bridgehead atoms. The van der Waals surface area contributed by atoms with Gasteiger partial charge in [-0.3, -0.25) is 4.98 Å². The van der Waals surface area contributed by atoms with Crippen molar-refractivity contribution in [2.75, 3.05) is 41.9 Å². The maximum atomic E-state index is 14.2. The lowest BCUT2D eigenvalue weighted by atomic mass is 10.1. The highest BCUT2D eigenvalue weighted by Crippen LogP contribution is 2.30. The monoisotopic (exact) mass is 505 g/mol. The molecule has 1 aliphatic heterocycles. The van der Waals surface area contributed by atoms with E-state index in [0.29, 0.717) is 37.0 Å². The van der Waals surface area contributed by atoms with Crippen molar-refractivity contribution in [3.05, 3.63) is 78.0 Å². The van der Waals surface area contributed by atoms with Crippen LogP contribution in [0.1, 0.15) is 5.69 Å². The molecule has 4 heterocycles. The summed E-state index contributed by atoms with van der Waals surface area (Å²) in [5.41, 5.74) is 6.62. The molecule has 0 atom stereocenters. The van der Waals surface area contributed by atoms with E-state index in [4.69, 9.17) is 16.3 Å². The number of ether oxygens (including phenoxy) is 1. The van der Waals surface area contributed by atoms with E-state index >= 15 is 0 Å². The molecule has 1 saturated heterocycles. The average molecular weight is 506 g/mol. The van der Waals surface area contributed by atoms with E-state index in [9.17, 15) is 4.39 Å². The average Bonchev–Trinajstić information content (AvgIpc) is 2.92. The molecule has 4 aromatic rings. The minimum absolute atomic E-state index is 0.190. The van der Waals surface area contributed by atoms with Crippen LogP contribution in [0.2, 0.25) is 5.02 Å². The third-order valence-electron chi connectivity index (χ3n) is 5.31. The molecule has 0 radical (unpaired) electrons. The van der Waals surface area contributed by atoms with E-state index in [1.807, 2.05) is 29.2 Å². The molecule has 0 unspecified atom stereocenters. The Kier molecular flexibility index (Phi) is 7.20. The molecule has 12 heteroatoms. The normalized spacial score (nSPS) is 13.7. The highest BCUT2D eigenvalue weighted by atomic mass is 35.5. The van der Waals surface area contributed by atoms with Gasteiger partial charge in [-0.2, -0.15) is 10.1 Å². The summed E-state index contributed by atoms with van der Waals surface area (Å²) in [6.45, 7) is 2.20. The number of hydrazone groups is 1. The molecule has 182 valence electrons. The van der Waals surface area contributed by atoms with Gasteiger partial charge in [0.1, 0.15) is 6.33 Å². The zero-order valence-corrected chi connectivity index (χ0v) is 19.7. The third kappa shape index (κ3) is 5.70. The predicted molar refractivity (Wildman–Crippen MR) is 136 cm³/mol. The Morgan fingerprint density at radius 2 is 1.81 bits per heavy atom. The van der Waals surface area contributed by atoms with Crippen molar-refractivity contribution in [3.8, 4) is 11.1 Å². The summed E-state index contributed by atoms with van der Waals surface area (Å²) >= 11 is 6.45. The molecule has 5 rings (SSSR count). The van der Waals surface area contributed by atoms with Crippen LogP contribution in [-0.2, 0) is 4.74 Å². The number of pyridine rings is 1. The number of morpholine rings is 1. The molecule has 1 aromatic carbocycles. The Morgan fingerprint density at radius 3 is 2.56 bits per heavy atom. The Labute approximate surface area is 211 Å². The fraction of sp³-hybridized carbons (Fsp3) is 0.167. The predicted octanol–water partition coefficient (Wildman–Crippen LogP) is 4.15. The minimum atomic E-state index is -0.485. The zero-order valence-electron chi connectivity index (χ0n) is 19.0. The SMILES string of the molecule is Fc1cnc(N/N=C/c2ccc(Nc3ccc(-c4cncnc4)c(Cl)c3)cn2)nc1N1CCOCC1. The number of benzene rings is 1. The standard InChI is InChI=1S/C24H21ClFN9O/c25-21-9-17(3-4-20(21)16-10-27-15-28-11-16)32-19-2-1-18(29-12-19)13-31-34-24-30-14-22(26)23(33-24)35-5-7-36-8-6-35/h1-4,9-15,32H,5-8H2,(H,30,33,34)/b31-13+. The van der Waals surface area contributed by atoms with Crippen LogP contribution >= 0.6 is 11.6 Å². The van der Waals surface area contributed by atoms with Gasteiger partial charge in [-0.15, -0.1) is 0 Å². The third-order valence-corrected chi connectivity index (χ3v) is 5.63. The van der Waals surface area contributed by atoms with Gasteiger partial charge in [-0.1, -0.05) is 17.7 Å². The number of nitrogens with zero attached hydrogens (tertiary/aromatic N) is 7. The molecule has 0 amide bonds. The first-order valence-electron chi connectivity index (χ1n) is 11.1. The second-order valence-electron chi connectivity index (χ2n) is 7.75. The highest BCUT2D eigenvalue weighted by molar-refractivity contribution is 6.33. The first-order chi connectivity index (χ1) is 17.7. The van der Waals surface area contributed by atoms with Crippen LogP contribution in [0.15, 0.2) is 66.5 Å². The fourth-order valence-corrected chi connectivity index (χ4v) is 3.84. The van der Waals surface area contributed by atoms with Crippen LogP contribution in [0.5, 0.6) is 0 Å². The molecule has 0 aliphatic carbocycles. The molecule has 36 heavy (non-hydrogen) atoms. The Hall–Kier alpha value is -4.22. The van der Waals surface area contributed by atoms with E-state index in [0.717, 1.165) is 28.7 Å². The topological polar surface area (TPSA) is 113 Å². The fourth-order valence-electron chi connectivity index (χ4n) is 3.55. The number of aromatic nitrogens is 5.